The van der Waals surface area contributed by atoms with E-state index in [9.17, 15) is 4.79 Å². The SMILES string of the molecule is CC(CO)C(C)NC(=O)C1CCCC1N. The van der Waals surface area contributed by atoms with Crippen LogP contribution in [0.1, 0.15) is 33.1 Å². The summed E-state index contributed by atoms with van der Waals surface area (Å²) in [5.74, 6) is 0.109. The molecule has 1 aliphatic carbocycles. The Balaban J connectivity index is 2.41. The molecule has 88 valence electrons. The van der Waals surface area contributed by atoms with Crippen LogP contribution in [0.15, 0.2) is 0 Å². The molecule has 0 saturated heterocycles. The molecule has 0 aromatic heterocycles. The van der Waals surface area contributed by atoms with Gasteiger partial charge in [-0.05, 0) is 25.7 Å². The zero-order valence-corrected chi connectivity index (χ0v) is 9.57. The molecule has 0 bridgehead atoms. The minimum absolute atomic E-state index is 0.00954. The summed E-state index contributed by atoms with van der Waals surface area (Å²) in [4.78, 5) is 11.8. The van der Waals surface area contributed by atoms with Crippen molar-refractivity contribution in [3.63, 3.8) is 0 Å². The molecule has 0 aliphatic heterocycles. The molecular weight excluding hydrogens is 192 g/mol. The van der Waals surface area contributed by atoms with Gasteiger partial charge in [0.25, 0.3) is 0 Å². The third-order valence-electron chi connectivity index (χ3n) is 3.42. The van der Waals surface area contributed by atoms with Gasteiger partial charge < -0.3 is 16.2 Å². The zero-order chi connectivity index (χ0) is 11.4. The predicted molar refractivity (Wildman–Crippen MR) is 59.2 cm³/mol. The molecule has 4 unspecified atom stereocenters. The Morgan fingerprint density at radius 2 is 2.20 bits per heavy atom. The lowest BCUT2D eigenvalue weighted by Crippen LogP contribution is -2.45. The second kappa shape index (κ2) is 5.47. The van der Waals surface area contributed by atoms with Crippen LogP contribution in [0.5, 0.6) is 0 Å². The Kier molecular flexibility index (Phi) is 4.54. The van der Waals surface area contributed by atoms with Crippen molar-refractivity contribution in [3.8, 4) is 0 Å². The normalized spacial score (nSPS) is 29.9. The minimum atomic E-state index is -0.0293. The third kappa shape index (κ3) is 3.18. The molecular formula is C11H22N2O2. The highest BCUT2D eigenvalue weighted by atomic mass is 16.3. The van der Waals surface area contributed by atoms with Crippen molar-refractivity contribution in [2.24, 2.45) is 17.6 Å². The number of nitrogens with two attached hydrogens (primary N) is 1. The van der Waals surface area contributed by atoms with E-state index in [-0.39, 0.29) is 36.4 Å². The molecule has 4 nitrogen and oxygen atoms in total. The van der Waals surface area contributed by atoms with E-state index in [1.807, 2.05) is 13.8 Å². The second-order valence-electron chi connectivity index (χ2n) is 4.66. The van der Waals surface area contributed by atoms with Crippen LogP contribution in [0.2, 0.25) is 0 Å². The standard InChI is InChI=1S/C11H22N2O2/c1-7(6-14)8(2)13-11(15)9-4-3-5-10(9)12/h7-10,14H,3-6,12H2,1-2H3,(H,13,15). The quantitative estimate of drug-likeness (QED) is 0.628. The lowest BCUT2D eigenvalue weighted by molar-refractivity contribution is -0.126. The van der Waals surface area contributed by atoms with Crippen LogP contribution < -0.4 is 11.1 Å². The summed E-state index contributed by atoms with van der Waals surface area (Å²) in [7, 11) is 0. The van der Waals surface area contributed by atoms with Gasteiger partial charge >= 0.3 is 0 Å². The molecule has 1 amide bonds. The van der Waals surface area contributed by atoms with Crippen LogP contribution in [-0.2, 0) is 4.79 Å². The molecule has 1 aliphatic rings. The van der Waals surface area contributed by atoms with Crippen molar-refractivity contribution in [2.75, 3.05) is 6.61 Å². The number of nitrogens with one attached hydrogen (secondary N) is 1. The number of aliphatic hydroxyl groups excluding tert-OH is 1. The van der Waals surface area contributed by atoms with E-state index in [2.05, 4.69) is 5.32 Å². The molecule has 0 aromatic rings. The first kappa shape index (κ1) is 12.5. The van der Waals surface area contributed by atoms with Crippen molar-refractivity contribution in [1.29, 1.82) is 0 Å². The summed E-state index contributed by atoms with van der Waals surface area (Å²) in [5.41, 5.74) is 5.85. The number of aliphatic hydroxyl groups is 1. The molecule has 0 spiro atoms. The molecule has 1 saturated carbocycles. The van der Waals surface area contributed by atoms with Gasteiger partial charge in [0, 0.05) is 18.7 Å². The van der Waals surface area contributed by atoms with Crippen LogP contribution in [-0.4, -0.2) is 29.7 Å². The van der Waals surface area contributed by atoms with E-state index in [4.69, 9.17) is 10.8 Å². The molecule has 0 radical (unpaired) electrons. The number of hydrogen-bond acceptors (Lipinski definition) is 3. The Morgan fingerprint density at radius 1 is 1.53 bits per heavy atom. The minimum Gasteiger partial charge on any atom is -0.396 e. The fourth-order valence-electron chi connectivity index (χ4n) is 1.95. The highest BCUT2D eigenvalue weighted by Crippen LogP contribution is 2.24. The maximum Gasteiger partial charge on any atom is 0.224 e. The van der Waals surface area contributed by atoms with Gasteiger partial charge in [-0.2, -0.15) is 0 Å². The molecule has 0 aromatic carbocycles. The van der Waals surface area contributed by atoms with Gasteiger partial charge in [-0.25, -0.2) is 0 Å². The fourth-order valence-corrected chi connectivity index (χ4v) is 1.95. The summed E-state index contributed by atoms with van der Waals surface area (Å²) in [6.45, 7) is 3.93. The van der Waals surface area contributed by atoms with E-state index in [0.717, 1.165) is 19.3 Å². The molecule has 4 N–H and O–H groups in total. The van der Waals surface area contributed by atoms with Crippen molar-refractivity contribution in [3.05, 3.63) is 0 Å². The molecule has 15 heavy (non-hydrogen) atoms. The van der Waals surface area contributed by atoms with Crippen molar-refractivity contribution in [1.82, 2.24) is 5.32 Å². The van der Waals surface area contributed by atoms with Crippen LogP contribution in [0.3, 0.4) is 0 Å². The van der Waals surface area contributed by atoms with E-state index >= 15 is 0 Å². The summed E-state index contributed by atoms with van der Waals surface area (Å²) in [6, 6.07) is 0.0249. The molecule has 4 atom stereocenters. The van der Waals surface area contributed by atoms with Gasteiger partial charge in [0.05, 0.1) is 5.92 Å². The van der Waals surface area contributed by atoms with Crippen LogP contribution in [0.25, 0.3) is 0 Å². The summed E-state index contributed by atoms with van der Waals surface area (Å²) < 4.78 is 0. The summed E-state index contributed by atoms with van der Waals surface area (Å²) in [5, 5.41) is 11.9. The zero-order valence-electron chi connectivity index (χ0n) is 9.57. The average molecular weight is 214 g/mol. The first-order chi connectivity index (χ1) is 7.06. The molecule has 4 heteroatoms. The van der Waals surface area contributed by atoms with Gasteiger partial charge in [0.15, 0.2) is 0 Å². The molecule has 0 heterocycles. The van der Waals surface area contributed by atoms with Crippen LogP contribution in [0.4, 0.5) is 0 Å². The molecule has 1 rings (SSSR count). The maximum absolute atomic E-state index is 11.8. The Labute approximate surface area is 91.2 Å². The van der Waals surface area contributed by atoms with Gasteiger partial charge in [-0.3, -0.25) is 4.79 Å². The predicted octanol–water partition coefficient (Wildman–Crippen LogP) is 0.247. The Hall–Kier alpha value is -0.610. The third-order valence-corrected chi connectivity index (χ3v) is 3.42. The first-order valence-electron chi connectivity index (χ1n) is 5.73. The first-order valence-corrected chi connectivity index (χ1v) is 5.73. The summed E-state index contributed by atoms with van der Waals surface area (Å²) >= 11 is 0. The number of hydrogen-bond donors (Lipinski definition) is 3. The van der Waals surface area contributed by atoms with Crippen LogP contribution >= 0.6 is 0 Å². The Bertz CT molecular complexity index is 221. The van der Waals surface area contributed by atoms with Gasteiger partial charge in [0.1, 0.15) is 0 Å². The van der Waals surface area contributed by atoms with Crippen molar-refractivity contribution in [2.45, 2.75) is 45.2 Å². The lowest BCUT2D eigenvalue weighted by atomic mass is 10.0. The van der Waals surface area contributed by atoms with E-state index in [1.165, 1.54) is 0 Å². The fraction of sp³-hybridized carbons (Fsp3) is 0.909. The topological polar surface area (TPSA) is 75.3 Å². The van der Waals surface area contributed by atoms with Crippen molar-refractivity contribution < 1.29 is 9.90 Å². The Morgan fingerprint density at radius 3 is 2.67 bits per heavy atom. The van der Waals surface area contributed by atoms with Gasteiger partial charge in [-0.1, -0.05) is 13.3 Å². The number of amides is 1. The van der Waals surface area contributed by atoms with Crippen LogP contribution in [0, 0.1) is 11.8 Å². The van der Waals surface area contributed by atoms with Crippen molar-refractivity contribution >= 4 is 5.91 Å². The molecule has 1 fully saturated rings. The monoisotopic (exact) mass is 214 g/mol. The number of carbonyl (C=O) groups excluding carboxylic acids is 1. The van der Waals surface area contributed by atoms with Gasteiger partial charge in [0.2, 0.25) is 5.91 Å². The smallest absolute Gasteiger partial charge is 0.224 e. The van der Waals surface area contributed by atoms with Gasteiger partial charge in [-0.15, -0.1) is 0 Å². The lowest BCUT2D eigenvalue weighted by Gasteiger charge is -2.22. The highest BCUT2D eigenvalue weighted by molar-refractivity contribution is 5.80. The number of rotatable bonds is 4. The maximum atomic E-state index is 11.8. The second-order valence-corrected chi connectivity index (χ2v) is 4.66. The highest BCUT2D eigenvalue weighted by Gasteiger charge is 2.31. The van der Waals surface area contributed by atoms with E-state index in [0.29, 0.717) is 0 Å². The number of carbonyl (C=O) groups is 1. The largest absolute Gasteiger partial charge is 0.396 e. The average Bonchev–Trinajstić information content (AvgIpc) is 2.63. The van der Waals surface area contributed by atoms with E-state index in [1.54, 1.807) is 0 Å². The van der Waals surface area contributed by atoms with E-state index < -0.39 is 0 Å². The summed E-state index contributed by atoms with van der Waals surface area (Å²) in [6.07, 6.45) is 2.89.